The van der Waals surface area contributed by atoms with Crippen molar-refractivity contribution in [3.8, 4) is 17.2 Å². The average molecular weight is 275 g/mol. The zero-order chi connectivity index (χ0) is 13.9. The minimum atomic E-state index is -0.363. The number of hydrogen-bond donors (Lipinski definition) is 1. The van der Waals surface area contributed by atoms with Crippen LogP contribution in [0.4, 0.5) is 10.1 Å². The van der Waals surface area contributed by atoms with Gasteiger partial charge in [0.05, 0.1) is 7.11 Å². The predicted octanol–water partition coefficient (Wildman–Crippen LogP) is 3.18. The fraction of sp³-hybridized carbons (Fsp3) is 0.200. The molecule has 104 valence electrons. The summed E-state index contributed by atoms with van der Waals surface area (Å²) < 4.78 is 29.0. The molecule has 3 rings (SSSR count). The molecule has 0 amide bonds. The van der Waals surface area contributed by atoms with E-state index in [1.165, 1.54) is 13.2 Å². The number of anilines is 1. The molecule has 2 aromatic carbocycles. The van der Waals surface area contributed by atoms with Crippen molar-refractivity contribution >= 4 is 5.69 Å². The van der Waals surface area contributed by atoms with Crippen molar-refractivity contribution < 1.29 is 18.6 Å². The van der Waals surface area contributed by atoms with E-state index < -0.39 is 0 Å². The maximum absolute atomic E-state index is 13.6. The van der Waals surface area contributed by atoms with E-state index in [2.05, 4.69) is 5.32 Å². The van der Waals surface area contributed by atoms with Crippen LogP contribution in [0.5, 0.6) is 17.2 Å². The zero-order valence-electron chi connectivity index (χ0n) is 11.0. The quantitative estimate of drug-likeness (QED) is 0.930. The van der Waals surface area contributed by atoms with Gasteiger partial charge in [-0.3, -0.25) is 0 Å². The molecular weight excluding hydrogens is 261 g/mol. The molecule has 5 heteroatoms. The van der Waals surface area contributed by atoms with Crippen molar-refractivity contribution in [2.75, 3.05) is 19.2 Å². The van der Waals surface area contributed by atoms with E-state index in [0.29, 0.717) is 6.54 Å². The number of nitrogens with one attached hydrogen (secondary N) is 1. The van der Waals surface area contributed by atoms with Crippen LogP contribution in [-0.4, -0.2) is 13.9 Å². The van der Waals surface area contributed by atoms with Crippen LogP contribution in [0.15, 0.2) is 36.4 Å². The van der Waals surface area contributed by atoms with Gasteiger partial charge >= 0.3 is 0 Å². The lowest BCUT2D eigenvalue weighted by molar-refractivity contribution is 0.174. The minimum Gasteiger partial charge on any atom is -0.494 e. The molecule has 0 saturated carbocycles. The molecule has 1 aliphatic heterocycles. The van der Waals surface area contributed by atoms with Crippen LogP contribution < -0.4 is 19.5 Å². The van der Waals surface area contributed by atoms with E-state index >= 15 is 0 Å². The van der Waals surface area contributed by atoms with Crippen LogP contribution in [0.1, 0.15) is 5.56 Å². The van der Waals surface area contributed by atoms with Crippen LogP contribution in [0.25, 0.3) is 0 Å². The van der Waals surface area contributed by atoms with Crippen LogP contribution in [-0.2, 0) is 6.54 Å². The lowest BCUT2D eigenvalue weighted by Gasteiger charge is -2.09. The molecule has 1 aliphatic rings. The Morgan fingerprint density at radius 2 is 2.00 bits per heavy atom. The zero-order valence-corrected chi connectivity index (χ0v) is 11.0. The summed E-state index contributed by atoms with van der Waals surface area (Å²) >= 11 is 0. The molecule has 1 heterocycles. The Kier molecular flexibility index (Phi) is 3.33. The molecule has 4 nitrogen and oxygen atoms in total. The van der Waals surface area contributed by atoms with E-state index in [0.717, 1.165) is 22.7 Å². The van der Waals surface area contributed by atoms with E-state index in [4.69, 9.17) is 14.2 Å². The second kappa shape index (κ2) is 5.28. The molecular formula is C15H14FNO3. The number of halogens is 1. The Bertz CT molecular complexity index is 631. The van der Waals surface area contributed by atoms with Gasteiger partial charge < -0.3 is 19.5 Å². The summed E-state index contributed by atoms with van der Waals surface area (Å²) in [5.41, 5.74) is 1.73. The molecule has 0 radical (unpaired) electrons. The van der Waals surface area contributed by atoms with Crippen molar-refractivity contribution in [2.24, 2.45) is 0 Å². The maximum Gasteiger partial charge on any atom is 0.231 e. The number of methoxy groups -OCH3 is 1. The van der Waals surface area contributed by atoms with Gasteiger partial charge in [-0.05, 0) is 29.8 Å². The van der Waals surface area contributed by atoms with Crippen LogP contribution in [0.2, 0.25) is 0 Å². The molecule has 1 N–H and O–H groups in total. The van der Waals surface area contributed by atoms with E-state index in [-0.39, 0.29) is 18.4 Å². The highest BCUT2D eigenvalue weighted by Gasteiger charge is 2.13. The SMILES string of the molecule is COc1ccc(CNc2ccc3c(c2)OCO3)cc1F. The molecule has 0 fully saturated rings. The second-order valence-electron chi connectivity index (χ2n) is 4.39. The molecule has 2 aromatic rings. The standard InChI is InChI=1S/C15H14FNO3/c1-18-13-4-2-10(6-12(13)16)8-17-11-3-5-14-15(7-11)20-9-19-14/h2-7,17H,8-9H2,1H3. The van der Waals surface area contributed by atoms with E-state index in [9.17, 15) is 4.39 Å². The van der Waals surface area contributed by atoms with Gasteiger partial charge in [-0.25, -0.2) is 4.39 Å². The van der Waals surface area contributed by atoms with Crippen molar-refractivity contribution in [1.29, 1.82) is 0 Å². The Hall–Kier alpha value is -2.43. The Morgan fingerprint density at radius 3 is 2.80 bits per heavy atom. The van der Waals surface area contributed by atoms with E-state index in [1.807, 2.05) is 24.3 Å². The molecule has 0 aliphatic carbocycles. The lowest BCUT2D eigenvalue weighted by Crippen LogP contribution is -2.00. The second-order valence-corrected chi connectivity index (χ2v) is 4.39. The topological polar surface area (TPSA) is 39.7 Å². The van der Waals surface area contributed by atoms with Gasteiger partial charge in [-0.2, -0.15) is 0 Å². The minimum absolute atomic E-state index is 0.247. The average Bonchev–Trinajstić information content (AvgIpc) is 2.92. The largest absolute Gasteiger partial charge is 0.494 e. The third-order valence-electron chi connectivity index (χ3n) is 3.09. The fourth-order valence-electron chi connectivity index (χ4n) is 2.03. The Labute approximate surface area is 116 Å². The summed E-state index contributed by atoms with van der Waals surface area (Å²) in [6.07, 6.45) is 0. The van der Waals surface area contributed by atoms with Crippen LogP contribution in [0, 0.1) is 5.82 Å². The van der Waals surface area contributed by atoms with Crippen molar-refractivity contribution in [2.45, 2.75) is 6.54 Å². The smallest absolute Gasteiger partial charge is 0.231 e. The third kappa shape index (κ3) is 2.47. The monoisotopic (exact) mass is 275 g/mol. The van der Waals surface area contributed by atoms with Gasteiger partial charge in [-0.15, -0.1) is 0 Å². The highest BCUT2D eigenvalue weighted by atomic mass is 19.1. The van der Waals surface area contributed by atoms with E-state index in [1.54, 1.807) is 6.07 Å². The number of hydrogen-bond acceptors (Lipinski definition) is 4. The molecule has 0 spiro atoms. The molecule has 20 heavy (non-hydrogen) atoms. The Balaban J connectivity index is 1.69. The molecule has 0 bridgehead atoms. The summed E-state index contributed by atoms with van der Waals surface area (Å²) in [6, 6.07) is 10.5. The summed E-state index contributed by atoms with van der Waals surface area (Å²) in [5.74, 6) is 1.34. The first-order chi connectivity index (χ1) is 9.76. The molecule has 0 atom stereocenters. The maximum atomic E-state index is 13.6. The fourth-order valence-corrected chi connectivity index (χ4v) is 2.03. The first kappa shape index (κ1) is 12.6. The highest BCUT2D eigenvalue weighted by Crippen LogP contribution is 2.34. The van der Waals surface area contributed by atoms with Crippen molar-refractivity contribution in [3.05, 3.63) is 47.8 Å². The number of benzene rings is 2. The van der Waals surface area contributed by atoms with Gasteiger partial charge in [0.25, 0.3) is 0 Å². The highest BCUT2D eigenvalue weighted by molar-refractivity contribution is 5.55. The first-order valence-electron chi connectivity index (χ1n) is 6.22. The number of ether oxygens (including phenoxy) is 3. The number of fused-ring (bicyclic) bond motifs is 1. The Morgan fingerprint density at radius 1 is 1.15 bits per heavy atom. The normalized spacial score (nSPS) is 12.3. The van der Waals surface area contributed by atoms with Crippen LogP contribution in [0.3, 0.4) is 0 Å². The lowest BCUT2D eigenvalue weighted by atomic mass is 10.2. The predicted molar refractivity (Wildman–Crippen MR) is 72.8 cm³/mol. The van der Waals surface area contributed by atoms with Crippen LogP contribution >= 0.6 is 0 Å². The van der Waals surface area contributed by atoms with Gasteiger partial charge in [0.2, 0.25) is 6.79 Å². The van der Waals surface area contributed by atoms with Crippen molar-refractivity contribution in [1.82, 2.24) is 0 Å². The molecule has 0 saturated heterocycles. The number of rotatable bonds is 4. The van der Waals surface area contributed by atoms with Gasteiger partial charge in [0.1, 0.15) is 0 Å². The summed E-state index contributed by atoms with van der Waals surface area (Å²) in [7, 11) is 1.45. The summed E-state index contributed by atoms with van der Waals surface area (Å²) in [6.45, 7) is 0.767. The molecule has 0 aromatic heterocycles. The molecule has 0 unspecified atom stereocenters. The first-order valence-corrected chi connectivity index (χ1v) is 6.22. The van der Waals surface area contributed by atoms with Gasteiger partial charge in [-0.1, -0.05) is 6.07 Å². The summed E-state index contributed by atoms with van der Waals surface area (Å²) in [4.78, 5) is 0. The summed E-state index contributed by atoms with van der Waals surface area (Å²) in [5, 5.41) is 3.21. The van der Waals surface area contributed by atoms with Gasteiger partial charge in [0, 0.05) is 18.3 Å². The van der Waals surface area contributed by atoms with Crippen molar-refractivity contribution in [3.63, 3.8) is 0 Å². The van der Waals surface area contributed by atoms with Gasteiger partial charge in [0.15, 0.2) is 23.1 Å². The third-order valence-corrected chi connectivity index (χ3v) is 3.09.